The quantitative estimate of drug-likeness (QED) is 0.866. The average Bonchev–Trinajstić information content (AvgIpc) is 3.15. The zero-order valence-electron chi connectivity index (χ0n) is 13.8. The molecule has 2 aromatic rings. The van der Waals surface area contributed by atoms with Gasteiger partial charge in [-0.15, -0.1) is 11.3 Å². The topological polar surface area (TPSA) is 63.2 Å². The van der Waals surface area contributed by atoms with Crippen molar-refractivity contribution in [1.29, 1.82) is 0 Å². The van der Waals surface area contributed by atoms with E-state index in [1.54, 1.807) is 17.5 Å². The van der Waals surface area contributed by atoms with Gasteiger partial charge in [-0.2, -0.15) is 0 Å². The lowest BCUT2D eigenvalue weighted by Gasteiger charge is -2.30. The van der Waals surface area contributed by atoms with Crippen molar-refractivity contribution in [2.24, 2.45) is 0 Å². The van der Waals surface area contributed by atoms with Gasteiger partial charge in [0.1, 0.15) is 5.01 Å². The van der Waals surface area contributed by atoms with Gasteiger partial charge < -0.3 is 15.4 Å². The minimum absolute atomic E-state index is 0.0326. The van der Waals surface area contributed by atoms with Crippen molar-refractivity contribution in [3.8, 4) is 0 Å². The van der Waals surface area contributed by atoms with Crippen molar-refractivity contribution in [3.63, 3.8) is 0 Å². The third-order valence-corrected chi connectivity index (χ3v) is 5.14. The van der Waals surface area contributed by atoms with Crippen LogP contribution < -0.4 is 10.6 Å². The van der Waals surface area contributed by atoms with E-state index >= 15 is 0 Å². The molecular weight excluding hydrogens is 322 g/mol. The first-order valence-corrected chi connectivity index (χ1v) is 9.27. The molecule has 1 fully saturated rings. The first-order chi connectivity index (χ1) is 11.8. The SMILES string of the molecule is CC[C@H](NC(=O)N[C@H]1CCO[C@H](c2ccccc2)C1)c1nccs1. The van der Waals surface area contributed by atoms with Crippen molar-refractivity contribution in [1.82, 2.24) is 15.6 Å². The number of hydrogen-bond acceptors (Lipinski definition) is 4. The van der Waals surface area contributed by atoms with E-state index in [1.807, 2.05) is 30.5 Å². The molecule has 1 saturated heterocycles. The molecule has 128 valence electrons. The summed E-state index contributed by atoms with van der Waals surface area (Å²) < 4.78 is 5.86. The lowest BCUT2D eigenvalue weighted by molar-refractivity contribution is 0.00221. The van der Waals surface area contributed by atoms with Crippen LogP contribution in [0.4, 0.5) is 4.79 Å². The molecule has 24 heavy (non-hydrogen) atoms. The van der Waals surface area contributed by atoms with E-state index in [-0.39, 0.29) is 24.2 Å². The number of rotatable bonds is 5. The van der Waals surface area contributed by atoms with Crippen LogP contribution in [0.25, 0.3) is 0 Å². The molecule has 2 N–H and O–H groups in total. The summed E-state index contributed by atoms with van der Waals surface area (Å²) in [7, 11) is 0. The Kier molecular flexibility index (Phi) is 5.82. The van der Waals surface area contributed by atoms with Gasteiger partial charge in [0.05, 0.1) is 12.1 Å². The Bertz CT molecular complexity index is 633. The molecule has 0 spiro atoms. The number of nitrogens with zero attached hydrogens (tertiary/aromatic N) is 1. The van der Waals surface area contributed by atoms with E-state index in [0.717, 1.165) is 24.3 Å². The Labute approximate surface area is 146 Å². The number of hydrogen-bond donors (Lipinski definition) is 2. The van der Waals surface area contributed by atoms with Gasteiger partial charge >= 0.3 is 6.03 Å². The number of nitrogens with one attached hydrogen (secondary N) is 2. The highest BCUT2D eigenvalue weighted by Crippen LogP contribution is 2.28. The number of carbonyl (C=O) groups is 1. The highest BCUT2D eigenvalue weighted by Gasteiger charge is 2.25. The van der Waals surface area contributed by atoms with Gasteiger partial charge in [-0.05, 0) is 24.8 Å². The zero-order chi connectivity index (χ0) is 16.8. The van der Waals surface area contributed by atoms with Crippen LogP contribution in [0.3, 0.4) is 0 Å². The van der Waals surface area contributed by atoms with Gasteiger partial charge in [0, 0.05) is 24.2 Å². The van der Waals surface area contributed by atoms with Crippen LogP contribution in [0.5, 0.6) is 0 Å². The molecule has 0 unspecified atom stereocenters. The van der Waals surface area contributed by atoms with Gasteiger partial charge in [-0.3, -0.25) is 0 Å². The van der Waals surface area contributed by atoms with Gasteiger partial charge in [0.25, 0.3) is 0 Å². The molecule has 0 radical (unpaired) electrons. The molecular formula is C18H23N3O2S. The number of thiazole rings is 1. The standard InChI is InChI=1S/C18H23N3O2S/c1-2-15(17-19-9-11-24-17)21-18(22)20-14-8-10-23-16(12-14)13-6-4-3-5-7-13/h3-7,9,11,14-16H,2,8,10,12H2,1H3,(H2,20,21,22)/t14-,15-,16-/m0/s1. The van der Waals surface area contributed by atoms with Crippen molar-refractivity contribution in [2.45, 2.75) is 44.4 Å². The van der Waals surface area contributed by atoms with Crippen molar-refractivity contribution >= 4 is 17.4 Å². The van der Waals surface area contributed by atoms with Crippen LogP contribution >= 0.6 is 11.3 Å². The summed E-state index contributed by atoms with van der Waals surface area (Å²) in [6.07, 6.45) is 4.27. The molecule has 5 nitrogen and oxygen atoms in total. The first-order valence-electron chi connectivity index (χ1n) is 8.39. The third-order valence-electron chi connectivity index (χ3n) is 4.25. The van der Waals surface area contributed by atoms with E-state index in [4.69, 9.17) is 4.74 Å². The number of urea groups is 1. The second-order valence-corrected chi connectivity index (χ2v) is 6.87. The van der Waals surface area contributed by atoms with Crippen molar-refractivity contribution in [2.75, 3.05) is 6.61 Å². The van der Waals surface area contributed by atoms with Crippen LogP contribution in [0.1, 0.15) is 48.9 Å². The smallest absolute Gasteiger partial charge is 0.315 e. The highest BCUT2D eigenvalue weighted by atomic mass is 32.1. The molecule has 0 aliphatic carbocycles. The summed E-state index contributed by atoms with van der Waals surface area (Å²) >= 11 is 1.57. The summed E-state index contributed by atoms with van der Waals surface area (Å²) in [6, 6.07) is 10.1. The summed E-state index contributed by atoms with van der Waals surface area (Å²) in [6.45, 7) is 2.71. The fourth-order valence-corrected chi connectivity index (χ4v) is 3.73. The summed E-state index contributed by atoms with van der Waals surface area (Å²) in [5.74, 6) is 0. The lowest BCUT2D eigenvalue weighted by atomic mass is 9.97. The van der Waals surface area contributed by atoms with Gasteiger partial charge in [-0.1, -0.05) is 37.3 Å². The first kappa shape index (κ1) is 16.9. The van der Waals surface area contributed by atoms with Crippen LogP contribution in [0, 0.1) is 0 Å². The maximum absolute atomic E-state index is 12.3. The fourth-order valence-electron chi connectivity index (χ4n) is 2.96. The van der Waals surface area contributed by atoms with Crippen LogP contribution in [0.2, 0.25) is 0 Å². The second kappa shape index (κ2) is 8.26. The molecule has 1 aromatic carbocycles. The second-order valence-electron chi connectivity index (χ2n) is 5.94. The van der Waals surface area contributed by atoms with Crippen molar-refractivity contribution in [3.05, 3.63) is 52.5 Å². The van der Waals surface area contributed by atoms with E-state index < -0.39 is 0 Å². The Morgan fingerprint density at radius 1 is 1.42 bits per heavy atom. The summed E-state index contributed by atoms with van der Waals surface area (Å²) in [5, 5.41) is 9.00. The van der Waals surface area contributed by atoms with Gasteiger partial charge in [0.2, 0.25) is 0 Å². The van der Waals surface area contributed by atoms with E-state index in [1.165, 1.54) is 5.56 Å². The summed E-state index contributed by atoms with van der Waals surface area (Å²) in [4.78, 5) is 16.6. The van der Waals surface area contributed by atoms with Crippen LogP contribution in [-0.4, -0.2) is 23.7 Å². The molecule has 0 bridgehead atoms. The predicted octanol–water partition coefficient (Wildman–Crippen LogP) is 3.81. The van der Waals surface area contributed by atoms with Crippen LogP contribution in [-0.2, 0) is 4.74 Å². The Balaban J connectivity index is 1.54. The third kappa shape index (κ3) is 4.33. The molecule has 2 amide bonds. The molecule has 6 heteroatoms. The fraction of sp³-hybridized carbons (Fsp3) is 0.444. The van der Waals surface area contributed by atoms with E-state index in [9.17, 15) is 4.79 Å². The Morgan fingerprint density at radius 3 is 2.96 bits per heavy atom. The molecule has 0 saturated carbocycles. The van der Waals surface area contributed by atoms with Crippen molar-refractivity contribution < 1.29 is 9.53 Å². The molecule has 3 atom stereocenters. The average molecular weight is 345 g/mol. The molecule has 3 rings (SSSR count). The Morgan fingerprint density at radius 2 is 2.25 bits per heavy atom. The van der Waals surface area contributed by atoms with E-state index in [0.29, 0.717) is 6.61 Å². The minimum atomic E-state index is -0.129. The normalized spacial score (nSPS) is 21.9. The van der Waals surface area contributed by atoms with Crippen LogP contribution in [0.15, 0.2) is 41.9 Å². The molecule has 2 heterocycles. The lowest BCUT2D eigenvalue weighted by Crippen LogP contribution is -2.45. The monoisotopic (exact) mass is 345 g/mol. The number of aromatic nitrogens is 1. The predicted molar refractivity (Wildman–Crippen MR) is 95.0 cm³/mol. The zero-order valence-corrected chi connectivity index (χ0v) is 14.6. The maximum Gasteiger partial charge on any atom is 0.315 e. The van der Waals surface area contributed by atoms with Gasteiger partial charge in [-0.25, -0.2) is 9.78 Å². The number of ether oxygens (including phenoxy) is 1. The number of benzene rings is 1. The number of amides is 2. The largest absolute Gasteiger partial charge is 0.373 e. The minimum Gasteiger partial charge on any atom is -0.373 e. The summed E-state index contributed by atoms with van der Waals surface area (Å²) in [5.41, 5.74) is 1.17. The number of carbonyl (C=O) groups excluding carboxylic acids is 1. The highest BCUT2D eigenvalue weighted by molar-refractivity contribution is 7.09. The Hall–Kier alpha value is -1.92. The molecule has 1 aliphatic rings. The molecule has 1 aromatic heterocycles. The molecule has 1 aliphatic heterocycles. The van der Waals surface area contributed by atoms with Gasteiger partial charge in [0.15, 0.2) is 0 Å². The van der Waals surface area contributed by atoms with E-state index in [2.05, 4.69) is 27.8 Å². The maximum atomic E-state index is 12.3.